The molecule has 0 spiro atoms. The molecule has 3 nitrogen and oxygen atoms in total. The molecule has 1 aromatic rings. The summed E-state index contributed by atoms with van der Waals surface area (Å²) in [5.41, 5.74) is 0.970. The van der Waals surface area contributed by atoms with Crippen LogP contribution in [0.4, 0.5) is 13.2 Å². The third-order valence-electron chi connectivity index (χ3n) is 1.98. The van der Waals surface area contributed by atoms with E-state index in [2.05, 4.69) is 9.72 Å². The molecule has 0 bridgehead atoms. The molecule has 1 heterocycles. The SMILES string of the molecule is Cc1nc(OC(F)(F)F)c(CCl)cc1CC#N. The van der Waals surface area contributed by atoms with Crippen LogP contribution in [0.1, 0.15) is 16.8 Å². The zero-order valence-electron chi connectivity index (χ0n) is 8.81. The van der Waals surface area contributed by atoms with Crippen molar-refractivity contribution >= 4 is 11.6 Å². The quantitative estimate of drug-likeness (QED) is 0.788. The molecule has 0 fully saturated rings. The van der Waals surface area contributed by atoms with Crippen LogP contribution in [0.15, 0.2) is 6.07 Å². The van der Waals surface area contributed by atoms with Crippen LogP contribution in [-0.2, 0) is 12.3 Å². The Kier molecular flexibility index (Phi) is 4.18. The maximum atomic E-state index is 12.1. The van der Waals surface area contributed by atoms with Crippen LogP contribution in [-0.4, -0.2) is 11.3 Å². The van der Waals surface area contributed by atoms with Gasteiger partial charge in [-0.1, -0.05) is 0 Å². The first-order chi connectivity index (χ1) is 7.87. The second-order valence-corrected chi connectivity index (χ2v) is 3.48. The Balaban J connectivity index is 3.15. The van der Waals surface area contributed by atoms with E-state index in [-0.39, 0.29) is 17.9 Å². The lowest BCUT2D eigenvalue weighted by Crippen LogP contribution is -2.19. The maximum Gasteiger partial charge on any atom is 0.574 e. The van der Waals surface area contributed by atoms with Gasteiger partial charge in [0.2, 0.25) is 5.88 Å². The molecule has 0 aliphatic rings. The molecule has 17 heavy (non-hydrogen) atoms. The van der Waals surface area contributed by atoms with Gasteiger partial charge < -0.3 is 4.74 Å². The molecular formula is C10H8ClF3N2O. The number of rotatable bonds is 3. The van der Waals surface area contributed by atoms with Crippen molar-refractivity contribution in [2.45, 2.75) is 25.6 Å². The van der Waals surface area contributed by atoms with Crippen molar-refractivity contribution in [1.82, 2.24) is 4.98 Å². The summed E-state index contributed by atoms with van der Waals surface area (Å²) in [6.45, 7) is 1.51. The van der Waals surface area contributed by atoms with E-state index in [4.69, 9.17) is 16.9 Å². The van der Waals surface area contributed by atoms with Crippen LogP contribution in [0.25, 0.3) is 0 Å². The molecular weight excluding hydrogens is 257 g/mol. The zero-order chi connectivity index (χ0) is 13.1. The molecule has 0 aliphatic heterocycles. The Morgan fingerprint density at radius 3 is 2.59 bits per heavy atom. The fourth-order valence-corrected chi connectivity index (χ4v) is 1.42. The summed E-state index contributed by atoms with van der Waals surface area (Å²) in [7, 11) is 0. The number of nitrogens with zero attached hydrogens (tertiary/aromatic N) is 2. The standard InChI is InChI=1S/C10H8ClF3N2O/c1-6-7(2-3-15)4-8(5-11)9(16-6)17-10(12,13)14/h4H,2,5H2,1H3. The molecule has 0 saturated heterocycles. The third-order valence-corrected chi connectivity index (χ3v) is 2.27. The molecule has 1 rings (SSSR count). The van der Waals surface area contributed by atoms with E-state index < -0.39 is 12.2 Å². The lowest BCUT2D eigenvalue weighted by atomic mass is 10.1. The Hall–Kier alpha value is -1.48. The summed E-state index contributed by atoms with van der Waals surface area (Å²) < 4.78 is 40.0. The van der Waals surface area contributed by atoms with Crippen molar-refractivity contribution in [3.05, 3.63) is 22.9 Å². The predicted octanol–water partition coefficient (Wildman–Crippen LogP) is 3.09. The molecule has 0 N–H and O–H groups in total. The van der Waals surface area contributed by atoms with E-state index in [0.717, 1.165) is 0 Å². The molecule has 1 aromatic heterocycles. The van der Waals surface area contributed by atoms with Crippen LogP contribution in [0.5, 0.6) is 5.88 Å². The summed E-state index contributed by atoms with van der Waals surface area (Å²) >= 11 is 5.52. The van der Waals surface area contributed by atoms with Gasteiger partial charge in [-0.25, -0.2) is 4.98 Å². The highest BCUT2D eigenvalue weighted by Gasteiger charge is 2.33. The van der Waals surface area contributed by atoms with Crippen molar-refractivity contribution in [1.29, 1.82) is 5.26 Å². The number of aryl methyl sites for hydroxylation is 1. The monoisotopic (exact) mass is 264 g/mol. The summed E-state index contributed by atoms with van der Waals surface area (Å²) in [5, 5.41) is 8.54. The van der Waals surface area contributed by atoms with Gasteiger partial charge in [0.05, 0.1) is 18.4 Å². The van der Waals surface area contributed by atoms with E-state index in [1.807, 2.05) is 6.07 Å². The van der Waals surface area contributed by atoms with Gasteiger partial charge >= 0.3 is 6.36 Å². The summed E-state index contributed by atoms with van der Waals surface area (Å²) in [5.74, 6) is -0.733. The molecule has 0 saturated carbocycles. The Morgan fingerprint density at radius 2 is 2.12 bits per heavy atom. The zero-order valence-corrected chi connectivity index (χ0v) is 9.56. The van der Waals surface area contributed by atoms with Crippen LogP contribution in [0.3, 0.4) is 0 Å². The van der Waals surface area contributed by atoms with Gasteiger partial charge in [-0.2, -0.15) is 5.26 Å². The number of ether oxygens (including phenoxy) is 1. The third kappa shape index (κ3) is 3.79. The first kappa shape index (κ1) is 13.6. The average molecular weight is 265 g/mol. The minimum Gasteiger partial charge on any atom is -0.388 e. The lowest BCUT2D eigenvalue weighted by molar-refractivity contribution is -0.276. The summed E-state index contributed by atoms with van der Waals surface area (Å²) in [6.07, 6.45) is -4.74. The van der Waals surface area contributed by atoms with E-state index in [1.165, 1.54) is 13.0 Å². The number of halogens is 4. The molecule has 0 aliphatic carbocycles. The number of aromatic nitrogens is 1. The number of nitriles is 1. The van der Waals surface area contributed by atoms with Crippen LogP contribution < -0.4 is 4.74 Å². The highest BCUT2D eigenvalue weighted by atomic mass is 35.5. The second-order valence-electron chi connectivity index (χ2n) is 3.21. The lowest BCUT2D eigenvalue weighted by Gasteiger charge is -2.13. The van der Waals surface area contributed by atoms with Gasteiger partial charge in [0, 0.05) is 11.3 Å². The average Bonchev–Trinajstić information content (AvgIpc) is 2.20. The highest BCUT2D eigenvalue weighted by Crippen LogP contribution is 2.27. The molecule has 0 aromatic carbocycles. The van der Waals surface area contributed by atoms with Gasteiger partial charge in [0.25, 0.3) is 0 Å². The minimum absolute atomic E-state index is 0.0645. The molecule has 7 heteroatoms. The summed E-state index contributed by atoms with van der Waals surface area (Å²) in [4.78, 5) is 3.67. The van der Waals surface area contributed by atoms with Crippen molar-refractivity contribution in [2.75, 3.05) is 0 Å². The minimum atomic E-state index is -4.81. The predicted molar refractivity (Wildman–Crippen MR) is 54.5 cm³/mol. The van der Waals surface area contributed by atoms with Gasteiger partial charge in [-0.05, 0) is 18.6 Å². The Bertz CT molecular complexity index is 454. The van der Waals surface area contributed by atoms with Crippen molar-refractivity contribution in [3.63, 3.8) is 0 Å². The van der Waals surface area contributed by atoms with Crippen LogP contribution in [0, 0.1) is 18.3 Å². The molecule has 92 valence electrons. The second kappa shape index (κ2) is 5.23. The summed E-state index contributed by atoms with van der Waals surface area (Å²) in [6, 6.07) is 3.30. The number of pyridine rings is 1. The van der Waals surface area contributed by atoms with Crippen molar-refractivity contribution < 1.29 is 17.9 Å². The Labute approximate surface area is 101 Å². The van der Waals surface area contributed by atoms with E-state index in [0.29, 0.717) is 11.3 Å². The molecule has 0 radical (unpaired) electrons. The highest BCUT2D eigenvalue weighted by molar-refractivity contribution is 6.17. The fraction of sp³-hybridized carbons (Fsp3) is 0.400. The van der Waals surface area contributed by atoms with Gasteiger partial charge in [-0.15, -0.1) is 24.8 Å². The molecule has 0 unspecified atom stereocenters. The molecule has 0 amide bonds. The first-order valence-electron chi connectivity index (χ1n) is 4.55. The largest absolute Gasteiger partial charge is 0.574 e. The van der Waals surface area contributed by atoms with E-state index in [1.54, 1.807) is 0 Å². The van der Waals surface area contributed by atoms with Crippen LogP contribution >= 0.6 is 11.6 Å². The smallest absolute Gasteiger partial charge is 0.388 e. The van der Waals surface area contributed by atoms with Crippen LogP contribution in [0.2, 0.25) is 0 Å². The van der Waals surface area contributed by atoms with Gasteiger partial charge in [0.15, 0.2) is 0 Å². The van der Waals surface area contributed by atoms with Gasteiger partial charge in [0.1, 0.15) is 0 Å². The Morgan fingerprint density at radius 1 is 1.47 bits per heavy atom. The van der Waals surface area contributed by atoms with E-state index in [9.17, 15) is 13.2 Å². The normalized spacial score (nSPS) is 11.1. The fourth-order valence-electron chi connectivity index (χ4n) is 1.23. The maximum absolute atomic E-state index is 12.1. The number of hydrogen-bond acceptors (Lipinski definition) is 3. The number of hydrogen-bond donors (Lipinski definition) is 0. The van der Waals surface area contributed by atoms with E-state index >= 15 is 0 Å². The van der Waals surface area contributed by atoms with Gasteiger partial charge in [-0.3, -0.25) is 0 Å². The number of alkyl halides is 4. The topological polar surface area (TPSA) is 45.9 Å². The van der Waals surface area contributed by atoms with Crippen molar-refractivity contribution in [3.8, 4) is 11.9 Å². The first-order valence-corrected chi connectivity index (χ1v) is 5.09. The van der Waals surface area contributed by atoms with Crippen molar-refractivity contribution in [2.24, 2.45) is 0 Å². The molecule has 0 atom stereocenters.